The third kappa shape index (κ3) is 6.22. The van der Waals surface area contributed by atoms with Gasteiger partial charge in [0.15, 0.2) is 52.1 Å². The summed E-state index contributed by atoms with van der Waals surface area (Å²) in [5, 5.41) is 108. The summed E-state index contributed by atoms with van der Waals surface area (Å²) < 4.78 is 21.3. The molecule has 3 aromatic carbocycles. The van der Waals surface area contributed by atoms with E-state index in [9.17, 15) is 65.8 Å². The predicted octanol–water partition coefficient (Wildman–Crippen LogP) is -0.0549. The summed E-state index contributed by atoms with van der Waals surface area (Å²) in [4.78, 5) is 25.2. The van der Waals surface area contributed by atoms with Crippen LogP contribution in [0.5, 0.6) is 57.5 Å². The molecule has 11 N–H and O–H groups in total. The molecule has 0 saturated carbocycles. The average molecular weight is 608 g/mol. The van der Waals surface area contributed by atoms with E-state index >= 15 is 0 Å². The van der Waals surface area contributed by atoms with Crippen LogP contribution in [0.4, 0.5) is 0 Å². The summed E-state index contributed by atoms with van der Waals surface area (Å²) in [6.45, 7) is -0.814. The molecule has 4 rings (SSSR count). The molecule has 3 aromatic rings. The van der Waals surface area contributed by atoms with Crippen molar-refractivity contribution in [2.75, 3.05) is 6.61 Å². The van der Waals surface area contributed by atoms with E-state index in [1.807, 2.05) is 0 Å². The van der Waals surface area contributed by atoms with Gasteiger partial charge in [-0.05, 0) is 24.3 Å². The first-order valence-corrected chi connectivity index (χ1v) is 12.0. The van der Waals surface area contributed by atoms with Crippen molar-refractivity contribution in [3.8, 4) is 57.5 Å². The number of hydrogen-bond acceptors (Lipinski definition) is 17. The van der Waals surface area contributed by atoms with Crippen LogP contribution in [0, 0.1) is 0 Å². The monoisotopic (exact) mass is 608 g/mol. The Kier molecular flexibility index (Phi) is 8.33. The molecule has 17 heteroatoms. The maximum Gasteiger partial charge on any atom is 0.339 e. The third-order valence-electron chi connectivity index (χ3n) is 6.17. The minimum absolute atomic E-state index is 0.409. The number of esters is 2. The van der Waals surface area contributed by atoms with Gasteiger partial charge in [-0.25, -0.2) is 9.59 Å². The number of phenolic OH excluding ortho intramolecular Hbond substituents is 9. The minimum atomic E-state index is -2.05. The summed E-state index contributed by atoms with van der Waals surface area (Å²) >= 11 is 0. The second kappa shape index (κ2) is 11.8. The van der Waals surface area contributed by atoms with Gasteiger partial charge in [-0.2, -0.15) is 0 Å². The number of aliphatic hydroxyl groups excluding tert-OH is 2. The quantitative estimate of drug-likeness (QED) is 0.124. The second-order valence-corrected chi connectivity index (χ2v) is 9.15. The topological polar surface area (TPSA) is 294 Å². The Balaban J connectivity index is 1.59. The molecule has 0 bridgehead atoms. The lowest BCUT2D eigenvalue weighted by atomic mass is 9.99. The Hall–Kier alpha value is -5.52. The van der Waals surface area contributed by atoms with Crippen molar-refractivity contribution in [1.29, 1.82) is 0 Å². The fourth-order valence-corrected chi connectivity index (χ4v) is 3.92. The molecule has 1 heterocycles. The van der Waals surface area contributed by atoms with Gasteiger partial charge in [0.25, 0.3) is 0 Å². The predicted molar refractivity (Wildman–Crippen MR) is 135 cm³/mol. The van der Waals surface area contributed by atoms with E-state index in [1.54, 1.807) is 0 Å². The number of phenols is 9. The van der Waals surface area contributed by atoms with Crippen LogP contribution in [0.25, 0.3) is 0 Å². The Labute approximate surface area is 239 Å². The van der Waals surface area contributed by atoms with Crippen molar-refractivity contribution in [1.82, 2.24) is 0 Å². The van der Waals surface area contributed by atoms with Gasteiger partial charge in [-0.15, -0.1) is 0 Å². The zero-order chi connectivity index (χ0) is 31.7. The van der Waals surface area contributed by atoms with Crippen LogP contribution in [0.3, 0.4) is 0 Å². The van der Waals surface area contributed by atoms with Crippen LogP contribution in [0.1, 0.15) is 20.7 Å². The van der Waals surface area contributed by atoms with E-state index in [-0.39, 0.29) is 0 Å². The number of rotatable bonds is 7. The van der Waals surface area contributed by atoms with Crippen molar-refractivity contribution in [3.05, 3.63) is 47.5 Å². The maximum atomic E-state index is 12.8. The highest BCUT2D eigenvalue weighted by atomic mass is 16.7. The number of benzene rings is 3. The Morgan fingerprint density at radius 2 is 1.05 bits per heavy atom. The van der Waals surface area contributed by atoms with E-state index in [0.717, 1.165) is 36.4 Å². The van der Waals surface area contributed by atoms with E-state index in [2.05, 4.69) is 0 Å². The molecule has 1 fully saturated rings. The second-order valence-electron chi connectivity index (χ2n) is 9.15. The molecule has 1 aliphatic heterocycles. The summed E-state index contributed by atoms with van der Waals surface area (Å²) in [6, 6.07) is 4.60. The molecule has 43 heavy (non-hydrogen) atoms. The highest BCUT2D eigenvalue weighted by molar-refractivity contribution is 5.91. The van der Waals surface area contributed by atoms with Gasteiger partial charge in [-0.3, -0.25) is 0 Å². The molecule has 0 aliphatic carbocycles. The molecule has 0 radical (unpaired) electrons. The summed E-state index contributed by atoms with van der Waals surface area (Å²) in [7, 11) is 0. The molecule has 17 nitrogen and oxygen atoms in total. The van der Waals surface area contributed by atoms with Crippen molar-refractivity contribution >= 4 is 11.9 Å². The van der Waals surface area contributed by atoms with Gasteiger partial charge < -0.3 is 75.1 Å². The maximum absolute atomic E-state index is 12.8. The summed E-state index contributed by atoms with van der Waals surface area (Å²) in [5.41, 5.74) is -0.946. The van der Waals surface area contributed by atoms with Gasteiger partial charge in [-0.1, -0.05) is 0 Å². The first kappa shape index (κ1) is 30.4. The van der Waals surface area contributed by atoms with Crippen LogP contribution >= 0.6 is 0 Å². The molecule has 0 aromatic heterocycles. The highest BCUT2D eigenvalue weighted by Gasteiger charge is 2.49. The molecule has 0 amide bonds. The number of ether oxygens (including phenoxy) is 4. The minimum Gasteiger partial charge on any atom is -0.504 e. The summed E-state index contributed by atoms with van der Waals surface area (Å²) in [5.74, 6) is -10.8. The van der Waals surface area contributed by atoms with Crippen molar-refractivity contribution in [2.24, 2.45) is 0 Å². The lowest BCUT2D eigenvalue weighted by molar-refractivity contribution is -0.276. The molecule has 0 spiro atoms. The lowest BCUT2D eigenvalue weighted by Gasteiger charge is -2.41. The molecule has 1 aliphatic rings. The van der Waals surface area contributed by atoms with Crippen LogP contribution in [-0.4, -0.2) is 105 Å². The molecule has 1 saturated heterocycles. The first-order valence-electron chi connectivity index (χ1n) is 12.0. The van der Waals surface area contributed by atoms with Crippen molar-refractivity contribution in [2.45, 2.75) is 30.7 Å². The molecule has 5 atom stereocenters. The van der Waals surface area contributed by atoms with Gasteiger partial charge in [0.2, 0.25) is 12.0 Å². The first-order chi connectivity index (χ1) is 20.2. The SMILES string of the molecule is O=C(OC[C@H]1O[C@@H](Oc2cc(O)c(O)c(O)c2)[C@H](OC(=O)c2cc(O)c(O)c(O)c2)[C@@H](O)[C@@H]1O)c1cc(O)c(O)c(O)c1. The van der Waals surface area contributed by atoms with Gasteiger partial charge in [0.1, 0.15) is 30.7 Å². The van der Waals surface area contributed by atoms with Crippen molar-refractivity contribution in [3.63, 3.8) is 0 Å². The van der Waals surface area contributed by atoms with Crippen molar-refractivity contribution < 1.29 is 84.7 Å². The van der Waals surface area contributed by atoms with Gasteiger partial charge in [0.05, 0.1) is 11.1 Å². The van der Waals surface area contributed by atoms with E-state index in [1.165, 1.54) is 0 Å². The zero-order valence-corrected chi connectivity index (χ0v) is 21.4. The van der Waals surface area contributed by atoms with Gasteiger partial charge >= 0.3 is 11.9 Å². The molecular formula is C26H24O17. The van der Waals surface area contributed by atoms with E-state index < -0.39 is 118 Å². The fourth-order valence-electron chi connectivity index (χ4n) is 3.92. The Bertz CT molecular complexity index is 1480. The number of carbonyl (C=O) groups excluding carboxylic acids is 2. The Morgan fingerprint density at radius 3 is 1.51 bits per heavy atom. The van der Waals surface area contributed by atoms with E-state index in [0.29, 0.717) is 0 Å². The largest absolute Gasteiger partial charge is 0.504 e. The fraction of sp³-hybridized carbons (Fsp3) is 0.231. The smallest absolute Gasteiger partial charge is 0.339 e. The number of carbonyl (C=O) groups is 2. The number of aliphatic hydroxyl groups is 2. The lowest BCUT2D eigenvalue weighted by Crippen LogP contribution is -2.61. The molecule has 0 unspecified atom stereocenters. The Morgan fingerprint density at radius 1 is 0.628 bits per heavy atom. The number of hydrogen-bond donors (Lipinski definition) is 11. The highest BCUT2D eigenvalue weighted by Crippen LogP contribution is 2.40. The third-order valence-corrected chi connectivity index (χ3v) is 6.17. The van der Waals surface area contributed by atoms with Crippen LogP contribution in [0.15, 0.2) is 36.4 Å². The zero-order valence-electron chi connectivity index (χ0n) is 21.4. The molecular weight excluding hydrogens is 584 g/mol. The van der Waals surface area contributed by atoms with Gasteiger partial charge in [0, 0.05) is 12.1 Å². The summed E-state index contributed by atoms with van der Waals surface area (Å²) in [6.07, 6.45) is -9.42. The normalized spacial score (nSPS) is 21.6. The van der Waals surface area contributed by atoms with Crippen LogP contribution < -0.4 is 4.74 Å². The van der Waals surface area contributed by atoms with Crippen LogP contribution in [-0.2, 0) is 14.2 Å². The van der Waals surface area contributed by atoms with E-state index in [4.69, 9.17) is 18.9 Å². The standard InChI is InChI=1S/C26H24O17/c27-11-1-8(2-12(28)18(11)33)24(38)40-7-17-21(36)22(37)23(43-25(39)9-3-13(29)19(34)14(30)4-9)26(42-17)41-10-5-15(31)20(35)16(32)6-10/h1-6,17,21-23,26-37H,7H2/t17-,21-,22+,23-,26-/m1/s1. The average Bonchev–Trinajstić information content (AvgIpc) is 2.95. The molecule has 230 valence electrons. The number of aromatic hydroxyl groups is 9. The van der Waals surface area contributed by atoms with Crippen LogP contribution in [0.2, 0.25) is 0 Å².